The lowest BCUT2D eigenvalue weighted by Crippen LogP contribution is -1.92. The van der Waals surface area contributed by atoms with Gasteiger partial charge in [0, 0.05) is 31.3 Å². The largest absolute Gasteiger partial charge is 0.496 e. The van der Waals surface area contributed by atoms with Gasteiger partial charge in [-0.15, -0.1) is 5.10 Å². The molecule has 0 aliphatic carbocycles. The first-order valence-corrected chi connectivity index (χ1v) is 5.04. The van der Waals surface area contributed by atoms with Gasteiger partial charge >= 0.3 is 0 Å². The van der Waals surface area contributed by atoms with Crippen molar-refractivity contribution in [3.8, 4) is 23.1 Å². The van der Waals surface area contributed by atoms with E-state index in [9.17, 15) is 0 Å². The van der Waals surface area contributed by atoms with Crippen molar-refractivity contribution in [2.75, 3.05) is 14.2 Å². The predicted molar refractivity (Wildman–Crippen MR) is 61.7 cm³/mol. The Hall–Kier alpha value is -2.17. The standard InChI is InChI=1S/C12H13N2O3/c1-14-5-4-12(13-14)17-11-7-9(15-2)6-10(8-11)16-3/h4,6-8H,1-3H3. The summed E-state index contributed by atoms with van der Waals surface area (Å²) >= 11 is 0. The van der Waals surface area contributed by atoms with Crippen LogP contribution in [0.25, 0.3) is 0 Å². The molecule has 0 atom stereocenters. The molecule has 1 aromatic carbocycles. The predicted octanol–water partition coefficient (Wildman–Crippen LogP) is 2.03. The minimum Gasteiger partial charge on any atom is -0.496 e. The van der Waals surface area contributed by atoms with E-state index in [1.54, 1.807) is 50.2 Å². The summed E-state index contributed by atoms with van der Waals surface area (Å²) in [6, 6.07) is 6.96. The van der Waals surface area contributed by atoms with Crippen LogP contribution in [0.4, 0.5) is 0 Å². The second kappa shape index (κ2) is 4.78. The number of benzene rings is 1. The Kier molecular flexibility index (Phi) is 3.18. The normalized spacial score (nSPS) is 10.1. The molecule has 0 unspecified atom stereocenters. The van der Waals surface area contributed by atoms with Crippen LogP contribution in [-0.2, 0) is 7.05 Å². The molecule has 0 fully saturated rings. The number of hydrogen-bond acceptors (Lipinski definition) is 4. The van der Waals surface area contributed by atoms with Crippen LogP contribution in [0.1, 0.15) is 0 Å². The van der Waals surface area contributed by atoms with Crippen LogP contribution in [0.3, 0.4) is 0 Å². The molecule has 5 nitrogen and oxygen atoms in total. The van der Waals surface area contributed by atoms with E-state index in [4.69, 9.17) is 14.2 Å². The van der Waals surface area contributed by atoms with Crippen LogP contribution in [-0.4, -0.2) is 24.0 Å². The summed E-state index contributed by atoms with van der Waals surface area (Å²) in [6.07, 6.45) is 2.86. The van der Waals surface area contributed by atoms with Crippen LogP contribution in [0, 0.1) is 6.20 Å². The first-order valence-electron chi connectivity index (χ1n) is 5.04. The quantitative estimate of drug-likeness (QED) is 0.810. The number of rotatable bonds is 4. The van der Waals surface area contributed by atoms with E-state index in [0.29, 0.717) is 23.1 Å². The summed E-state index contributed by atoms with van der Waals surface area (Å²) in [5, 5.41) is 4.07. The van der Waals surface area contributed by atoms with E-state index >= 15 is 0 Å². The zero-order valence-electron chi connectivity index (χ0n) is 9.93. The summed E-state index contributed by atoms with van der Waals surface area (Å²) in [5.74, 6) is 2.41. The van der Waals surface area contributed by atoms with Crippen molar-refractivity contribution in [3.05, 3.63) is 30.5 Å². The number of aromatic nitrogens is 2. The van der Waals surface area contributed by atoms with E-state index in [1.165, 1.54) is 0 Å². The zero-order valence-corrected chi connectivity index (χ0v) is 9.93. The van der Waals surface area contributed by atoms with Crippen LogP contribution >= 0.6 is 0 Å². The first-order chi connectivity index (χ1) is 8.21. The van der Waals surface area contributed by atoms with Crippen LogP contribution < -0.4 is 14.2 Å². The second-order valence-corrected chi connectivity index (χ2v) is 3.39. The maximum absolute atomic E-state index is 5.56. The highest BCUT2D eigenvalue weighted by Crippen LogP contribution is 2.29. The minimum absolute atomic E-state index is 0.475. The fraction of sp³-hybridized carbons (Fsp3) is 0.250. The van der Waals surface area contributed by atoms with Crippen LogP contribution in [0.5, 0.6) is 23.1 Å². The first kappa shape index (κ1) is 11.3. The maximum atomic E-state index is 5.56. The van der Waals surface area contributed by atoms with Crippen molar-refractivity contribution in [1.29, 1.82) is 0 Å². The molecule has 0 saturated carbocycles. The molecule has 0 aliphatic heterocycles. The summed E-state index contributed by atoms with van der Waals surface area (Å²) < 4.78 is 17.4. The summed E-state index contributed by atoms with van der Waals surface area (Å²) in [7, 11) is 4.96. The van der Waals surface area contributed by atoms with E-state index in [2.05, 4.69) is 11.3 Å². The van der Waals surface area contributed by atoms with Gasteiger partial charge in [0.15, 0.2) is 0 Å². The molecular weight excluding hydrogens is 220 g/mol. The third kappa shape index (κ3) is 2.69. The number of nitrogens with zero attached hydrogens (tertiary/aromatic N) is 2. The number of ether oxygens (including phenoxy) is 3. The topological polar surface area (TPSA) is 45.5 Å². The van der Waals surface area contributed by atoms with Gasteiger partial charge in [-0.05, 0) is 0 Å². The fourth-order valence-electron chi connectivity index (χ4n) is 1.37. The van der Waals surface area contributed by atoms with E-state index in [-0.39, 0.29) is 0 Å². The van der Waals surface area contributed by atoms with E-state index < -0.39 is 0 Å². The lowest BCUT2D eigenvalue weighted by atomic mass is 10.3. The minimum atomic E-state index is 0.475. The van der Waals surface area contributed by atoms with Crippen molar-refractivity contribution in [2.45, 2.75) is 0 Å². The van der Waals surface area contributed by atoms with Crippen molar-refractivity contribution in [3.63, 3.8) is 0 Å². The van der Waals surface area contributed by atoms with Crippen molar-refractivity contribution >= 4 is 0 Å². The number of hydrogen-bond donors (Lipinski definition) is 0. The molecule has 0 spiro atoms. The highest BCUT2D eigenvalue weighted by atomic mass is 16.5. The molecule has 1 radical (unpaired) electrons. The monoisotopic (exact) mass is 233 g/mol. The van der Waals surface area contributed by atoms with E-state index in [0.717, 1.165) is 0 Å². The van der Waals surface area contributed by atoms with Gasteiger partial charge in [-0.25, -0.2) is 0 Å². The SMILES string of the molecule is COc1cc(OC)cc(Oc2c[c]n(C)n2)c1. The Morgan fingerprint density at radius 1 is 1.06 bits per heavy atom. The zero-order chi connectivity index (χ0) is 12.3. The third-order valence-corrected chi connectivity index (χ3v) is 2.17. The summed E-state index contributed by atoms with van der Waals surface area (Å²) in [4.78, 5) is 0. The lowest BCUT2D eigenvalue weighted by molar-refractivity contribution is 0.384. The highest BCUT2D eigenvalue weighted by molar-refractivity contribution is 5.43. The molecule has 2 rings (SSSR count). The van der Waals surface area contributed by atoms with Crippen molar-refractivity contribution in [1.82, 2.24) is 9.78 Å². The number of methoxy groups -OCH3 is 2. The van der Waals surface area contributed by atoms with Gasteiger partial charge in [0.1, 0.15) is 17.2 Å². The molecule has 0 aliphatic rings. The summed E-state index contributed by atoms with van der Waals surface area (Å²) in [5.41, 5.74) is 0. The van der Waals surface area contributed by atoms with Crippen molar-refractivity contribution < 1.29 is 14.2 Å². The Labute approximate surface area is 99.5 Å². The average Bonchev–Trinajstić information content (AvgIpc) is 2.74. The average molecular weight is 233 g/mol. The van der Waals surface area contributed by atoms with Gasteiger partial charge in [0.05, 0.1) is 20.4 Å². The Bertz CT molecular complexity index is 486. The Morgan fingerprint density at radius 3 is 2.12 bits per heavy atom. The fourth-order valence-corrected chi connectivity index (χ4v) is 1.37. The molecule has 0 N–H and O–H groups in total. The van der Waals surface area contributed by atoms with Gasteiger partial charge in [-0.1, -0.05) is 0 Å². The van der Waals surface area contributed by atoms with Gasteiger partial charge in [-0.2, -0.15) is 0 Å². The summed E-state index contributed by atoms with van der Waals surface area (Å²) in [6.45, 7) is 0. The van der Waals surface area contributed by atoms with Crippen LogP contribution in [0.15, 0.2) is 24.3 Å². The Balaban J connectivity index is 2.25. The molecular formula is C12H13N2O3. The molecule has 0 bridgehead atoms. The molecule has 0 amide bonds. The maximum Gasteiger partial charge on any atom is 0.238 e. The van der Waals surface area contributed by atoms with Gasteiger partial charge in [0.25, 0.3) is 0 Å². The molecule has 1 aromatic heterocycles. The number of aryl methyl sites for hydroxylation is 1. The molecule has 89 valence electrons. The molecule has 2 aromatic rings. The smallest absolute Gasteiger partial charge is 0.238 e. The van der Waals surface area contributed by atoms with Gasteiger partial charge < -0.3 is 14.2 Å². The van der Waals surface area contributed by atoms with E-state index in [1.807, 2.05) is 0 Å². The van der Waals surface area contributed by atoms with Crippen molar-refractivity contribution in [2.24, 2.45) is 7.05 Å². The molecule has 17 heavy (non-hydrogen) atoms. The third-order valence-electron chi connectivity index (χ3n) is 2.17. The lowest BCUT2D eigenvalue weighted by Gasteiger charge is -2.08. The van der Waals surface area contributed by atoms with Gasteiger partial charge in [0.2, 0.25) is 5.88 Å². The van der Waals surface area contributed by atoms with Crippen LogP contribution in [0.2, 0.25) is 0 Å². The molecule has 0 saturated heterocycles. The highest BCUT2D eigenvalue weighted by Gasteiger charge is 2.05. The molecule has 1 heterocycles. The Morgan fingerprint density at radius 2 is 1.65 bits per heavy atom. The van der Waals surface area contributed by atoms with Gasteiger partial charge in [-0.3, -0.25) is 4.68 Å². The molecule has 5 heteroatoms. The second-order valence-electron chi connectivity index (χ2n) is 3.39.